The molecule has 1 aromatic carbocycles. The number of hydrogen-bond donors (Lipinski definition) is 1. The Balaban J connectivity index is 2.32. The summed E-state index contributed by atoms with van der Waals surface area (Å²) in [6.45, 7) is 4.40. The van der Waals surface area contributed by atoms with Crippen LogP contribution < -0.4 is 5.32 Å². The third kappa shape index (κ3) is 5.10. The lowest BCUT2D eigenvalue weighted by atomic mass is 10.1. The predicted octanol–water partition coefficient (Wildman–Crippen LogP) is 3.05. The lowest BCUT2D eigenvalue weighted by Gasteiger charge is -2.15. The topological polar surface area (TPSA) is 15.3 Å². The summed E-state index contributed by atoms with van der Waals surface area (Å²) in [6.07, 6.45) is 1.19. The molecule has 0 spiro atoms. The second-order valence-corrected chi connectivity index (χ2v) is 5.30. The molecule has 3 heteroatoms. The Bertz CT molecular complexity index is 313. The number of nitrogens with one attached hydrogen (secondary N) is 1. The van der Waals surface area contributed by atoms with Crippen LogP contribution in [0.1, 0.15) is 24.9 Å². The molecule has 1 aromatic rings. The quantitative estimate of drug-likeness (QED) is 0.808. The molecule has 1 atom stereocenters. The smallest absolute Gasteiger partial charge is 0.0292 e. The first-order valence-electron chi connectivity index (χ1n) is 5.73. The summed E-state index contributed by atoms with van der Waals surface area (Å²) < 4.78 is 1.15. The third-order valence-corrected chi connectivity index (χ3v) is 3.07. The van der Waals surface area contributed by atoms with E-state index >= 15 is 0 Å². The van der Waals surface area contributed by atoms with Crippen molar-refractivity contribution < 1.29 is 0 Å². The Kier molecular flexibility index (Phi) is 6.03. The molecule has 1 rings (SSSR count). The fourth-order valence-corrected chi connectivity index (χ4v) is 2.02. The van der Waals surface area contributed by atoms with Crippen molar-refractivity contribution in [2.24, 2.45) is 0 Å². The van der Waals surface area contributed by atoms with Gasteiger partial charge >= 0.3 is 0 Å². The van der Waals surface area contributed by atoms with Gasteiger partial charge in [0.05, 0.1) is 0 Å². The maximum absolute atomic E-state index is 3.53. The number of halogens is 1. The van der Waals surface area contributed by atoms with Crippen molar-refractivity contribution in [1.29, 1.82) is 0 Å². The lowest BCUT2D eigenvalue weighted by molar-refractivity contribution is 0.389. The summed E-state index contributed by atoms with van der Waals surface area (Å²) >= 11 is 3.50. The normalized spacial score (nSPS) is 13.1. The van der Waals surface area contributed by atoms with Crippen LogP contribution in [0.3, 0.4) is 0 Å². The summed E-state index contributed by atoms with van der Waals surface area (Å²) in [4.78, 5) is 2.21. The zero-order valence-electron chi connectivity index (χ0n) is 10.3. The minimum atomic E-state index is 0.416. The van der Waals surface area contributed by atoms with Crippen LogP contribution in [0.5, 0.6) is 0 Å². The first-order chi connectivity index (χ1) is 7.59. The van der Waals surface area contributed by atoms with Crippen molar-refractivity contribution >= 4 is 15.9 Å². The monoisotopic (exact) mass is 284 g/mol. The fraction of sp³-hybridized carbons (Fsp3) is 0.538. The molecule has 0 heterocycles. The first-order valence-corrected chi connectivity index (χ1v) is 6.52. The van der Waals surface area contributed by atoms with Crippen molar-refractivity contribution in [3.8, 4) is 0 Å². The summed E-state index contributed by atoms with van der Waals surface area (Å²) in [5.74, 6) is 0. The largest absolute Gasteiger partial charge is 0.310 e. The van der Waals surface area contributed by atoms with E-state index in [4.69, 9.17) is 0 Å². The van der Waals surface area contributed by atoms with Gasteiger partial charge in [0, 0.05) is 10.5 Å². The minimum Gasteiger partial charge on any atom is -0.310 e. The van der Waals surface area contributed by atoms with Gasteiger partial charge in [-0.15, -0.1) is 0 Å². The van der Waals surface area contributed by atoms with E-state index in [0.29, 0.717) is 6.04 Å². The molecule has 0 aliphatic heterocycles. The third-order valence-electron chi connectivity index (χ3n) is 2.58. The second kappa shape index (κ2) is 7.05. The number of benzene rings is 1. The molecule has 2 nitrogen and oxygen atoms in total. The van der Waals surface area contributed by atoms with Crippen LogP contribution in [0, 0.1) is 0 Å². The Morgan fingerprint density at radius 3 is 2.75 bits per heavy atom. The van der Waals surface area contributed by atoms with Crippen LogP contribution >= 0.6 is 15.9 Å². The van der Waals surface area contributed by atoms with Crippen molar-refractivity contribution in [1.82, 2.24) is 10.2 Å². The SMILES string of the molecule is C[C@H](NCCCN(C)C)c1cccc(Br)c1. The van der Waals surface area contributed by atoms with Crippen molar-refractivity contribution in [3.05, 3.63) is 34.3 Å². The molecule has 0 saturated carbocycles. The molecular weight excluding hydrogens is 264 g/mol. The van der Waals surface area contributed by atoms with Crippen LogP contribution in [0.4, 0.5) is 0 Å². The van der Waals surface area contributed by atoms with Gasteiger partial charge < -0.3 is 10.2 Å². The van der Waals surface area contributed by atoms with Crippen molar-refractivity contribution in [3.63, 3.8) is 0 Å². The average molecular weight is 285 g/mol. The van der Waals surface area contributed by atoms with Gasteiger partial charge in [-0.25, -0.2) is 0 Å². The van der Waals surface area contributed by atoms with E-state index < -0.39 is 0 Å². The highest BCUT2D eigenvalue weighted by molar-refractivity contribution is 9.10. The highest BCUT2D eigenvalue weighted by Crippen LogP contribution is 2.17. The van der Waals surface area contributed by atoms with E-state index in [-0.39, 0.29) is 0 Å². The van der Waals surface area contributed by atoms with Gasteiger partial charge in [-0.05, 0) is 58.2 Å². The van der Waals surface area contributed by atoms with Crippen LogP contribution in [-0.2, 0) is 0 Å². The molecule has 0 aliphatic carbocycles. The van der Waals surface area contributed by atoms with Crippen molar-refractivity contribution in [2.75, 3.05) is 27.2 Å². The molecule has 0 aliphatic rings. The highest BCUT2D eigenvalue weighted by atomic mass is 79.9. The molecule has 0 aromatic heterocycles. The molecule has 0 radical (unpaired) electrons. The molecule has 1 N–H and O–H groups in total. The van der Waals surface area contributed by atoms with E-state index in [1.165, 1.54) is 12.0 Å². The predicted molar refractivity (Wildman–Crippen MR) is 73.7 cm³/mol. The summed E-state index contributed by atoms with van der Waals surface area (Å²) in [5.41, 5.74) is 1.33. The molecule has 16 heavy (non-hydrogen) atoms. The highest BCUT2D eigenvalue weighted by Gasteiger charge is 2.04. The molecular formula is C13H21BrN2. The number of rotatable bonds is 6. The van der Waals surface area contributed by atoms with E-state index in [2.05, 4.69) is 71.4 Å². The van der Waals surface area contributed by atoms with Gasteiger partial charge in [0.2, 0.25) is 0 Å². The van der Waals surface area contributed by atoms with E-state index in [1.807, 2.05) is 0 Å². The van der Waals surface area contributed by atoms with Crippen LogP contribution in [0.25, 0.3) is 0 Å². The Morgan fingerprint density at radius 1 is 1.38 bits per heavy atom. The Morgan fingerprint density at radius 2 is 2.12 bits per heavy atom. The van der Waals surface area contributed by atoms with Gasteiger partial charge in [0.15, 0.2) is 0 Å². The molecule has 90 valence electrons. The Labute approximate surface area is 107 Å². The fourth-order valence-electron chi connectivity index (χ4n) is 1.61. The van der Waals surface area contributed by atoms with E-state index in [0.717, 1.165) is 17.6 Å². The molecule has 0 unspecified atom stereocenters. The molecule has 0 amide bonds. The summed E-state index contributed by atoms with van der Waals surface area (Å²) in [6, 6.07) is 8.89. The zero-order valence-corrected chi connectivity index (χ0v) is 11.9. The second-order valence-electron chi connectivity index (χ2n) is 4.39. The Hall–Kier alpha value is -0.380. The van der Waals surface area contributed by atoms with Crippen LogP contribution in [0.15, 0.2) is 28.7 Å². The van der Waals surface area contributed by atoms with Gasteiger partial charge in [0.1, 0.15) is 0 Å². The van der Waals surface area contributed by atoms with Gasteiger partial charge in [-0.2, -0.15) is 0 Å². The molecule has 0 fully saturated rings. The van der Waals surface area contributed by atoms with Gasteiger partial charge in [-0.3, -0.25) is 0 Å². The lowest BCUT2D eigenvalue weighted by Crippen LogP contribution is -2.23. The first kappa shape index (κ1) is 13.7. The molecule has 0 saturated heterocycles. The van der Waals surface area contributed by atoms with Crippen LogP contribution in [0.2, 0.25) is 0 Å². The standard InChI is InChI=1S/C13H21BrN2/c1-11(15-8-5-9-16(2)3)12-6-4-7-13(14)10-12/h4,6-7,10-11,15H,5,8-9H2,1-3H3/t11-/m0/s1. The molecule has 0 bridgehead atoms. The minimum absolute atomic E-state index is 0.416. The number of nitrogens with zero attached hydrogens (tertiary/aromatic N) is 1. The van der Waals surface area contributed by atoms with Crippen molar-refractivity contribution in [2.45, 2.75) is 19.4 Å². The van der Waals surface area contributed by atoms with Gasteiger partial charge in [0.25, 0.3) is 0 Å². The van der Waals surface area contributed by atoms with E-state index in [1.54, 1.807) is 0 Å². The summed E-state index contributed by atoms with van der Waals surface area (Å²) in [7, 11) is 4.22. The maximum Gasteiger partial charge on any atom is 0.0292 e. The van der Waals surface area contributed by atoms with Crippen LogP contribution in [-0.4, -0.2) is 32.1 Å². The summed E-state index contributed by atoms with van der Waals surface area (Å²) in [5, 5.41) is 3.53. The maximum atomic E-state index is 3.53. The zero-order chi connectivity index (χ0) is 12.0. The average Bonchev–Trinajstić information content (AvgIpc) is 2.24. The van der Waals surface area contributed by atoms with Gasteiger partial charge in [-0.1, -0.05) is 28.1 Å². The number of hydrogen-bond acceptors (Lipinski definition) is 2. The van der Waals surface area contributed by atoms with E-state index in [9.17, 15) is 0 Å².